The van der Waals surface area contributed by atoms with Crippen LogP contribution < -0.4 is 0 Å². The van der Waals surface area contributed by atoms with E-state index in [9.17, 15) is 15.3 Å². The number of phenolic OH excluding ortho intramolecular Hbond substituents is 1. The lowest BCUT2D eigenvalue weighted by Crippen LogP contribution is -2.19. The van der Waals surface area contributed by atoms with Gasteiger partial charge in [-0.25, -0.2) is 0 Å². The Kier molecular flexibility index (Phi) is 3.75. The summed E-state index contributed by atoms with van der Waals surface area (Å²) in [4.78, 5) is 0. The van der Waals surface area contributed by atoms with Gasteiger partial charge < -0.3 is 15.3 Å². The van der Waals surface area contributed by atoms with E-state index < -0.39 is 12.2 Å². The molecule has 2 atom stereocenters. The molecular weight excluding hydrogens is 204 g/mol. The number of aliphatic hydroxyl groups excluding tert-OH is 2. The third-order valence-electron chi connectivity index (χ3n) is 2.08. The number of hydrogen-bond acceptors (Lipinski definition) is 3. The second-order valence-corrected chi connectivity index (χ2v) is 3.52. The van der Waals surface area contributed by atoms with Crippen molar-refractivity contribution in [1.82, 2.24) is 0 Å². The van der Waals surface area contributed by atoms with E-state index in [1.54, 1.807) is 19.1 Å². The Morgan fingerprint density at radius 3 is 2.50 bits per heavy atom. The van der Waals surface area contributed by atoms with Gasteiger partial charge in [0, 0.05) is 0 Å². The molecule has 0 bridgehead atoms. The summed E-state index contributed by atoms with van der Waals surface area (Å²) < 4.78 is 0. The summed E-state index contributed by atoms with van der Waals surface area (Å²) in [5, 5.41) is 28.1. The molecule has 1 aromatic rings. The maximum absolute atomic E-state index is 9.59. The van der Waals surface area contributed by atoms with Crippen molar-refractivity contribution in [3.63, 3.8) is 0 Å². The Labute approximate surface area is 87.6 Å². The number of benzene rings is 1. The van der Waals surface area contributed by atoms with Gasteiger partial charge in [-0.05, 0) is 30.2 Å². The third kappa shape index (κ3) is 2.38. The van der Waals surface area contributed by atoms with Crippen LogP contribution in [0.3, 0.4) is 0 Å². The fourth-order valence-electron chi connectivity index (χ4n) is 1.17. The predicted octanol–water partition coefficient (Wildman–Crippen LogP) is 1.33. The van der Waals surface area contributed by atoms with Crippen LogP contribution in [0.5, 0.6) is 5.75 Å². The quantitative estimate of drug-likeness (QED) is 0.669. The molecule has 2 unspecified atom stereocenters. The van der Waals surface area contributed by atoms with E-state index >= 15 is 0 Å². The zero-order valence-corrected chi connectivity index (χ0v) is 8.57. The maximum Gasteiger partial charge on any atom is 0.118 e. The summed E-state index contributed by atoms with van der Waals surface area (Å²) in [6.07, 6.45) is -1.99. The number of alkyl halides is 1. The molecule has 14 heavy (non-hydrogen) atoms. The molecule has 0 aromatic heterocycles. The first-order valence-electron chi connectivity index (χ1n) is 4.28. The van der Waals surface area contributed by atoms with Crippen molar-refractivity contribution in [2.75, 3.05) is 5.88 Å². The van der Waals surface area contributed by atoms with E-state index in [2.05, 4.69) is 0 Å². The van der Waals surface area contributed by atoms with E-state index in [1.807, 2.05) is 0 Å². The summed E-state index contributed by atoms with van der Waals surface area (Å²) >= 11 is 5.41. The number of halogens is 1. The lowest BCUT2D eigenvalue weighted by molar-refractivity contribution is 0.0326. The molecule has 0 amide bonds. The molecule has 3 nitrogen and oxygen atoms in total. The first-order chi connectivity index (χ1) is 6.56. The van der Waals surface area contributed by atoms with Crippen molar-refractivity contribution >= 4 is 11.6 Å². The van der Waals surface area contributed by atoms with Gasteiger partial charge in [0.2, 0.25) is 0 Å². The van der Waals surface area contributed by atoms with Crippen molar-refractivity contribution in [1.29, 1.82) is 0 Å². The number of aryl methyl sites for hydroxylation is 1. The van der Waals surface area contributed by atoms with Gasteiger partial charge in [0.1, 0.15) is 11.9 Å². The summed E-state index contributed by atoms with van der Waals surface area (Å²) in [5.74, 6) is 0.141. The molecule has 3 N–H and O–H groups in total. The zero-order chi connectivity index (χ0) is 10.7. The SMILES string of the molecule is Cc1cc(C(O)C(O)CCl)ccc1O. The Bertz CT molecular complexity index is 314. The normalized spacial score (nSPS) is 15.1. The van der Waals surface area contributed by atoms with Gasteiger partial charge >= 0.3 is 0 Å². The van der Waals surface area contributed by atoms with E-state index in [-0.39, 0.29) is 11.6 Å². The smallest absolute Gasteiger partial charge is 0.118 e. The minimum Gasteiger partial charge on any atom is -0.508 e. The first-order valence-corrected chi connectivity index (χ1v) is 4.81. The van der Waals surface area contributed by atoms with Crippen LogP contribution in [0, 0.1) is 6.92 Å². The minimum absolute atomic E-state index is 0.0267. The van der Waals surface area contributed by atoms with Crippen molar-refractivity contribution in [3.8, 4) is 5.75 Å². The van der Waals surface area contributed by atoms with Gasteiger partial charge in [-0.3, -0.25) is 0 Å². The molecular formula is C10H13ClO3. The second kappa shape index (κ2) is 4.64. The molecule has 0 saturated heterocycles. The van der Waals surface area contributed by atoms with Gasteiger partial charge in [-0.1, -0.05) is 6.07 Å². The number of rotatable bonds is 3. The van der Waals surface area contributed by atoms with Crippen molar-refractivity contribution in [3.05, 3.63) is 29.3 Å². The van der Waals surface area contributed by atoms with Gasteiger partial charge in [0.15, 0.2) is 0 Å². The van der Waals surface area contributed by atoms with Crippen molar-refractivity contribution in [2.24, 2.45) is 0 Å². The second-order valence-electron chi connectivity index (χ2n) is 3.21. The molecule has 0 saturated carbocycles. The summed E-state index contributed by atoms with van der Waals surface area (Å²) in [5.41, 5.74) is 1.21. The summed E-state index contributed by atoms with van der Waals surface area (Å²) in [7, 11) is 0. The van der Waals surface area contributed by atoms with Crippen LogP contribution in [0.4, 0.5) is 0 Å². The van der Waals surface area contributed by atoms with Crippen LogP contribution >= 0.6 is 11.6 Å². The highest BCUT2D eigenvalue weighted by Crippen LogP contribution is 2.23. The fourth-order valence-corrected chi connectivity index (χ4v) is 1.34. The number of aliphatic hydroxyl groups is 2. The molecule has 0 radical (unpaired) electrons. The standard InChI is InChI=1S/C10H13ClO3/c1-6-4-7(2-3-8(6)12)10(14)9(13)5-11/h2-4,9-10,12-14H,5H2,1H3. The largest absolute Gasteiger partial charge is 0.508 e. The van der Waals surface area contributed by atoms with E-state index in [0.29, 0.717) is 11.1 Å². The van der Waals surface area contributed by atoms with Crippen LogP contribution in [-0.4, -0.2) is 27.3 Å². The molecule has 4 heteroatoms. The molecule has 0 heterocycles. The third-order valence-corrected chi connectivity index (χ3v) is 2.40. The van der Waals surface area contributed by atoms with Gasteiger partial charge in [-0.2, -0.15) is 0 Å². The molecule has 0 spiro atoms. The van der Waals surface area contributed by atoms with Crippen molar-refractivity contribution < 1.29 is 15.3 Å². The van der Waals surface area contributed by atoms with Crippen LogP contribution in [0.15, 0.2) is 18.2 Å². The maximum atomic E-state index is 9.59. The summed E-state index contributed by atoms with van der Waals surface area (Å²) in [6, 6.07) is 4.66. The van der Waals surface area contributed by atoms with Crippen LogP contribution in [0.2, 0.25) is 0 Å². The first kappa shape index (κ1) is 11.3. The average molecular weight is 217 g/mol. The minimum atomic E-state index is -1.01. The van der Waals surface area contributed by atoms with Gasteiger partial charge in [0.25, 0.3) is 0 Å². The van der Waals surface area contributed by atoms with Crippen LogP contribution in [0.1, 0.15) is 17.2 Å². The fraction of sp³-hybridized carbons (Fsp3) is 0.400. The number of aromatic hydroxyl groups is 1. The highest BCUT2D eigenvalue weighted by molar-refractivity contribution is 6.18. The molecule has 0 aliphatic carbocycles. The molecule has 0 aliphatic heterocycles. The Morgan fingerprint density at radius 2 is 2.00 bits per heavy atom. The van der Waals surface area contributed by atoms with Crippen LogP contribution in [0.25, 0.3) is 0 Å². The topological polar surface area (TPSA) is 60.7 Å². The monoisotopic (exact) mass is 216 g/mol. The highest BCUT2D eigenvalue weighted by atomic mass is 35.5. The van der Waals surface area contributed by atoms with Crippen molar-refractivity contribution in [2.45, 2.75) is 19.1 Å². The van der Waals surface area contributed by atoms with E-state index in [4.69, 9.17) is 11.6 Å². The Balaban J connectivity index is 2.91. The lowest BCUT2D eigenvalue weighted by atomic mass is 10.0. The van der Waals surface area contributed by atoms with E-state index in [0.717, 1.165) is 0 Å². The molecule has 0 fully saturated rings. The molecule has 1 rings (SSSR count). The van der Waals surface area contributed by atoms with Gasteiger partial charge in [0.05, 0.1) is 12.0 Å². The number of hydrogen-bond donors (Lipinski definition) is 3. The number of phenols is 1. The zero-order valence-electron chi connectivity index (χ0n) is 7.81. The summed E-state index contributed by atoms with van der Waals surface area (Å²) in [6.45, 7) is 1.72. The van der Waals surface area contributed by atoms with E-state index in [1.165, 1.54) is 6.07 Å². The Hall–Kier alpha value is -0.770. The molecule has 78 valence electrons. The van der Waals surface area contributed by atoms with Crippen LogP contribution in [-0.2, 0) is 0 Å². The van der Waals surface area contributed by atoms with Gasteiger partial charge in [-0.15, -0.1) is 11.6 Å². The molecule has 0 aliphatic rings. The average Bonchev–Trinajstić information content (AvgIpc) is 2.20. The highest BCUT2D eigenvalue weighted by Gasteiger charge is 2.17. The lowest BCUT2D eigenvalue weighted by Gasteiger charge is -2.16. The molecule has 1 aromatic carbocycles. The predicted molar refractivity (Wildman–Crippen MR) is 54.5 cm³/mol. The Morgan fingerprint density at radius 1 is 1.36 bits per heavy atom.